The van der Waals surface area contributed by atoms with Crippen molar-refractivity contribution >= 4 is 40.5 Å². The van der Waals surface area contributed by atoms with Gasteiger partial charge in [0.1, 0.15) is 0 Å². The van der Waals surface area contributed by atoms with Crippen molar-refractivity contribution in [3.63, 3.8) is 0 Å². The third-order valence-corrected chi connectivity index (χ3v) is 4.46. The summed E-state index contributed by atoms with van der Waals surface area (Å²) in [5, 5.41) is 3.85. The maximum absolute atomic E-state index is 5.91. The van der Waals surface area contributed by atoms with Crippen molar-refractivity contribution < 1.29 is 4.84 Å². The molecule has 18 heavy (non-hydrogen) atoms. The van der Waals surface area contributed by atoms with E-state index in [4.69, 9.17) is 16.4 Å². The summed E-state index contributed by atoms with van der Waals surface area (Å²) in [7, 11) is 0. The molecule has 2 aromatic heterocycles. The van der Waals surface area contributed by atoms with Gasteiger partial charge in [-0.05, 0) is 31.2 Å². The quantitative estimate of drug-likeness (QED) is 0.352. The van der Waals surface area contributed by atoms with Crippen molar-refractivity contribution in [3.05, 3.63) is 33.5 Å². The van der Waals surface area contributed by atoms with E-state index in [1.165, 1.54) is 9.75 Å². The van der Waals surface area contributed by atoms with Gasteiger partial charge >= 0.3 is 0 Å². The van der Waals surface area contributed by atoms with Crippen molar-refractivity contribution in [3.8, 4) is 21.6 Å². The number of oxime groups is 1. The van der Waals surface area contributed by atoms with E-state index in [9.17, 15) is 0 Å². The highest BCUT2D eigenvalue weighted by atomic mass is 35.5. The summed E-state index contributed by atoms with van der Waals surface area (Å²) in [6.45, 7) is 2.09. The molecule has 2 nitrogen and oxygen atoms in total. The molecule has 2 aromatic rings. The molecule has 0 radical (unpaired) electrons. The van der Waals surface area contributed by atoms with Crippen LogP contribution in [-0.2, 0) is 4.84 Å². The topological polar surface area (TPSA) is 21.6 Å². The molecular formula is C13H10ClNOS2. The van der Waals surface area contributed by atoms with E-state index >= 15 is 0 Å². The Balaban J connectivity index is 1.99. The summed E-state index contributed by atoms with van der Waals surface area (Å²) >= 11 is 9.13. The summed E-state index contributed by atoms with van der Waals surface area (Å²) in [6, 6.07) is 7.99. The summed E-state index contributed by atoms with van der Waals surface area (Å²) in [5.74, 6) is 5.51. The Hall–Kier alpha value is -1.28. The predicted molar refractivity (Wildman–Crippen MR) is 79.6 cm³/mol. The second kappa shape index (κ2) is 6.60. The van der Waals surface area contributed by atoms with Gasteiger partial charge in [0.2, 0.25) is 0 Å². The van der Waals surface area contributed by atoms with Gasteiger partial charge in [-0.15, -0.1) is 28.6 Å². The predicted octanol–water partition coefficient (Wildman–Crippen LogP) is 4.50. The van der Waals surface area contributed by atoms with Gasteiger partial charge in [-0.3, -0.25) is 0 Å². The zero-order chi connectivity index (χ0) is 12.8. The average Bonchev–Trinajstić information content (AvgIpc) is 2.97. The first-order valence-corrected chi connectivity index (χ1v) is 7.21. The van der Waals surface area contributed by atoms with Crippen molar-refractivity contribution in [1.29, 1.82) is 0 Å². The molecule has 0 N–H and O–H groups in total. The monoisotopic (exact) mass is 295 g/mol. The zero-order valence-corrected chi connectivity index (χ0v) is 12.0. The average molecular weight is 296 g/mol. The molecule has 0 saturated heterocycles. The van der Waals surface area contributed by atoms with Gasteiger partial charge in [0.25, 0.3) is 0 Å². The minimum atomic E-state index is 0.325. The van der Waals surface area contributed by atoms with Crippen molar-refractivity contribution in [2.75, 3.05) is 6.61 Å². The van der Waals surface area contributed by atoms with Crippen LogP contribution in [0, 0.1) is 11.8 Å². The molecule has 92 valence electrons. The third-order valence-electron chi connectivity index (χ3n) is 2.01. The second-order valence-electron chi connectivity index (χ2n) is 3.24. The van der Waals surface area contributed by atoms with E-state index in [0.29, 0.717) is 6.61 Å². The Kier molecular flexibility index (Phi) is 4.82. The van der Waals surface area contributed by atoms with Crippen molar-refractivity contribution in [1.82, 2.24) is 0 Å². The van der Waals surface area contributed by atoms with E-state index in [1.54, 1.807) is 35.8 Å². The number of thiophene rings is 2. The first-order chi connectivity index (χ1) is 8.79. The molecule has 0 bridgehead atoms. The molecule has 0 atom stereocenters. The fourth-order valence-electron chi connectivity index (χ4n) is 1.23. The molecule has 0 fully saturated rings. The van der Waals surface area contributed by atoms with Crippen molar-refractivity contribution in [2.24, 2.45) is 5.16 Å². The molecule has 2 heterocycles. The molecule has 0 aliphatic heterocycles. The molecule has 0 aromatic carbocycles. The number of nitrogens with zero attached hydrogens (tertiary/aromatic N) is 1. The molecule has 5 heteroatoms. The van der Waals surface area contributed by atoms with Crippen LogP contribution >= 0.6 is 34.3 Å². The lowest BCUT2D eigenvalue weighted by Crippen LogP contribution is -1.82. The fraction of sp³-hybridized carbons (Fsp3) is 0.154. The van der Waals surface area contributed by atoms with Gasteiger partial charge in [-0.1, -0.05) is 22.7 Å². The Morgan fingerprint density at radius 3 is 2.78 bits per heavy atom. The van der Waals surface area contributed by atoms with E-state index in [0.717, 1.165) is 9.21 Å². The molecule has 2 rings (SSSR count). The van der Waals surface area contributed by atoms with Gasteiger partial charge in [0, 0.05) is 14.6 Å². The lowest BCUT2D eigenvalue weighted by atomic mass is 10.4. The lowest BCUT2D eigenvalue weighted by molar-refractivity contribution is 0.181. The first kappa shape index (κ1) is 13.2. The van der Waals surface area contributed by atoms with Gasteiger partial charge in [-0.2, -0.15) is 0 Å². The van der Waals surface area contributed by atoms with E-state index in [-0.39, 0.29) is 0 Å². The Labute approximate surface area is 119 Å². The van der Waals surface area contributed by atoms with Crippen LogP contribution in [0.15, 0.2) is 29.4 Å². The van der Waals surface area contributed by atoms with Crippen LogP contribution in [0.25, 0.3) is 9.75 Å². The van der Waals surface area contributed by atoms with Gasteiger partial charge in [-0.25, -0.2) is 0 Å². The van der Waals surface area contributed by atoms with Crippen LogP contribution < -0.4 is 0 Å². The number of rotatable bonds is 4. The third kappa shape index (κ3) is 3.61. The minimum Gasteiger partial charge on any atom is -0.383 e. The van der Waals surface area contributed by atoms with Crippen LogP contribution in [0.2, 0.25) is 4.34 Å². The summed E-state index contributed by atoms with van der Waals surface area (Å²) in [4.78, 5) is 8.37. The normalized spacial score (nSPS) is 10.3. The summed E-state index contributed by atoms with van der Waals surface area (Å²) < 4.78 is 0.801. The van der Waals surface area contributed by atoms with Gasteiger partial charge in [0.15, 0.2) is 6.61 Å². The molecule has 0 unspecified atom stereocenters. The summed E-state index contributed by atoms with van der Waals surface area (Å²) in [6.07, 6.45) is 1.70. The highest BCUT2D eigenvalue weighted by Gasteiger charge is 2.04. The van der Waals surface area contributed by atoms with Crippen LogP contribution in [0.4, 0.5) is 0 Å². The zero-order valence-electron chi connectivity index (χ0n) is 9.64. The Morgan fingerprint density at radius 1 is 1.28 bits per heavy atom. The first-order valence-electron chi connectivity index (χ1n) is 5.20. The SMILES string of the molecule is CC#CCO/N=C\c1ccc(-c2ccc(Cl)s2)s1. The van der Waals surface area contributed by atoms with Gasteiger partial charge in [0.05, 0.1) is 10.6 Å². The fourth-order valence-corrected chi connectivity index (χ4v) is 3.24. The lowest BCUT2D eigenvalue weighted by Gasteiger charge is -1.89. The molecule has 0 saturated carbocycles. The molecule has 0 amide bonds. The summed E-state index contributed by atoms with van der Waals surface area (Å²) in [5.41, 5.74) is 0. The minimum absolute atomic E-state index is 0.325. The van der Waals surface area contributed by atoms with Crippen LogP contribution in [-0.4, -0.2) is 12.8 Å². The van der Waals surface area contributed by atoms with Crippen molar-refractivity contribution in [2.45, 2.75) is 6.92 Å². The number of hydrogen-bond donors (Lipinski definition) is 0. The molecular weight excluding hydrogens is 286 g/mol. The maximum atomic E-state index is 5.91. The van der Waals surface area contributed by atoms with E-state index < -0.39 is 0 Å². The van der Waals surface area contributed by atoms with Crippen LogP contribution in [0.5, 0.6) is 0 Å². The maximum Gasteiger partial charge on any atom is 0.177 e. The standard InChI is InChI=1S/C13H10ClNOS2/c1-2-3-8-16-15-9-10-4-5-11(17-10)12-6-7-13(14)18-12/h4-7,9H,8H2,1H3/b15-9-. The highest BCUT2D eigenvalue weighted by molar-refractivity contribution is 7.24. The van der Waals surface area contributed by atoms with Crippen LogP contribution in [0.1, 0.15) is 11.8 Å². The van der Waals surface area contributed by atoms with Crippen LogP contribution in [0.3, 0.4) is 0 Å². The van der Waals surface area contributed by atoms with Gasteiger partial charge < -0.3 is 4.84 Å². The Bertz CT molecular complexity index is 604. The Morgan fingerprint density at radius 2 is 2.06 bits per heavy atom. The molecule has 0 aliphatic carbocycles. The van der Waals surface area contributed by atoms with E-state index in [1.807, 2.05) is 18.2 Å². The smallest absolute Gasteiger partial charge is 0.177 e. The number of halogens is 1. The van der Waals surface area contributed by atoms with E-state index in [2.05, 4.69) is 23.1 Å². The molecule has 0 spiro atoms. The largest absolute Gasteiger partial charge is 0.383 e. The molecule has 0 aliphatic rings. The second-order valence-corrected chi connectivity index (χ2v) is 6.07. The number of hydrogen-bond acceptors (Lipinski definition) is 4. The highest BCUT2D eigenvalue weighted by Crippen LogP contribution is 2.34.